The number of hydrogen-bond acceptors (Lipinski definition) is 2. The van der Waals surface area contributed by atoms with Gasteiger partial charge < -0.3 is 5.32 Å². The van der Waals surface area contributed by atoms with Crippen molar-refractivity contribution in [3.63, 3.8) is 0 Å². The molecule has 1 aliphatic heterocycles. The van der Waals surface area contributed by atoms with Gasteiger partial charge in [0.15, 0.2) is 0 Å². The third-order valence-electron chi connectivity index (χ3n) is 3.99. The number of nitrogens with one attached hydrogen (secondary N) is 1. The van der Waals surface area contributed by atoms with Crippen LogP contribution in [0.25, 0.3) is 0 Å². The van der Waals surface area contributed by atoms with E-state index >= 15 is 0 Å². The Morgan fingerprint density at radius 3 is 2.75 bits per heavy atom. The molecule has 0 spiro atoms. The van der Waals surface area contributed by atoms with Crippen LogP contribution in [-0.4, -0.2) is 31.1 Å². The van der Waals surface area contributed by atoms with Gasteiger partial charge in [-0.05, 0) is 24.6 Å². The van der Waals surface area contributed by atoms with E-state index in [9.17, 15) is 4.39 Å². The van der Waals surface area contributed by atoms with Crippen LogP contribution in [0.5, 0.6) is 0 Å². The molecule has 20 heavy (non-hydrogen) atoms. The van der Waals surface area contributed by atoms with Crippen molar-refractivity contribution in [2.24, 2.45) is 0 Å². The van der Waals surface area contributed by atoms with Crippen LogP contribution in [0.15, 0.2) is 22.7 Å². The Labute approximate surface area is 129 Å². The summed E-state index contributed by atoms with van der Waals surface area (Å²) in [5.74, 6) is -0.0757. The molecular weight excluding hydrogens is 319 g/mol. The van der Waals surface area contributed by atoms with Crippen molar-refractivity contribution >= 4 is 15.9 Å². The Balaban J connectivity index is 2.17. The standard InChI is InChI=1S/C16H24BrFN2/c1-2-3-4-5-16(20-10-8-19-9-11-20)14-12-13(17)6-7-15(14)18/h6-7,12,16,19H,2-5,8-11H2,1H3/t16-/m0/s1. The predicted molar refractivity (Wildman–Crippen MR) is 85.4 cm³/mol. The van der Waals surface area contributed by atoms with E-state index in [1.165, 1.54) is 12.8 Å². The zero-order valence-electron chi connectivity index (χ0n) is 12.2. The Hall–Kier alpha value is -0.450. The van der Waals surface area contributed by atoms with E-state index in [2.05, 4.69) is 33.1 Å². The molecule has 2 rings (SSSR count). The maximum Gasteiger partial charge on any atom is 0.128 e. The topological polar surface area (TPSA) is 15.3 Å². The quantitative estimate of drug-likeness (QED) is 0.782. The van der Waals surface area contributed by atoms with Crippen molar-refractivity contribution in [2.45, 2.75) is 38.6 Å². The van der Waals surface area contributed by atoms with Gasteiger partial charge in [0.2, 0.25) is 0 Å². The predicted octanol–water partition coefficient (Wildman–Crippen LogP) is 4.11. The fourth-order valence-electron chi connectivity index (χ4n) is 2.89. The first-order valence-electron chi connectivity index (χ1n) is 7.62. The van der Waals surface area contributed by atoms with Crippen molar-refractivity contribution in [1.29, 1.82) is 0 Å². The summed E-state index contributed by atoms with van der Waals surface area (Å²) in [6.07, 6.45) is 4.63. The van der Waals surface area contributed by atoms with Gasteiger partial charge in [0, 0.05) is 42.3 Å². The smallest absolute Gasteiger partial charge is 0.128 e. The molecule has 0 amide bonds. The number of halogens is 2. The lowest BCUT2D eigenvalue weighted by atomic mass is 9.97. The first-order valence-corrected chi connectivity index (χ1v) is 8.41. The van der Waals surface area contributed by atoms with Crippen molar-refractivity contribution in [3.8, 4) is 0 Å². The van der Waals surface area contributed by atoms with E-state index < -0.39 is 0 Å². The summed E-state index contributed by atoms with van der Waals surface area (Å²) in [4.78, 5) is 2.43. The highest BCUT2D eigenvalue weighted by Crippen LogP contribution is 2.30. The van der Waals surface area contributed by atoms with E-state index in [0.717, 1.165) is 49.1 Å². The number of benzene rings is 1. The minimum absolute atomic E-state index is 0.0757. The molecule has 0 saturated carbocycles. The second-order valence-corrected chi connectivity index (χ2v) is 6.38. The first-order chi connectivity index (χ1) is 9.72. The Kier molecular flexibility index (Phi) is 6.46. The monoisotopic (exact) mass is 342 g/mol. The van der Waals surface area contributed by atoms with Crippen LogP contribution in [0, 0.1) is 5.82 Å². The molecule has 1 fully saturated rings. The van der Waals surface area contributed by atoms with Crippen molar-refractivity contribution < 1.29 is 4.39 Å². The molecule has 0 radical (unpaired) electrons. The highest BCUT2D eigenvalue weighted by molar-refractivity contribution is 9.10. The Morgan fingerprint density at radius 2 is 2.05 bits per heavy atom. The maximum atomic E-state index is 14.2. The molecule has 1 saturated heterocycles. The molecule has 1 atom stereocenters. The van der Waals surface area contributed by atoms with Crippen LogP contribution in [0.1, 0.15) is 44.2 Å². The number of piperazine rings is 1. The zero-order valence-corrected chi connectivity index (χ0v) is 13.8. The highest BCUT2D eigenvalue weighted by Gasteiger charge is 2.24. The molecule has 1 aromatic rings. The molecule has 1 aliphatic rings. The maximum absolute atomic E-state index is 14.2. The molecule has 2 nitrogen and oxygen atoms in total. The molecule has 0 aromatic heterocycles. The number of hydrogen-bond donors (Lipinski definition) is 1. The summed E-state index contributed by atoms with van der Waals surface area (Å²) in [5, 5.41) is 3.37. The van der Waals surface area contributed by atoms with Gasteiger partial charge in [-0.2, -0.15) is 0 Å². The second kappa shape index (κ2) is 8.11. The molecule has 0 aliphatic carbocycles. The van der Waals surface area contributed by atoms with Crippen molar-refractivity contribution in [1.82, 2.24) is 10.2 Å². The fraction of sp³-hybridized carbons (Fsp3) is 0.625. The second-order valence-electron chi connectivity index (χ2n) is 5.46. The molecule has 1 heterocycles. The highest BCUT2D eigenvalue weighted by atomic mass is 79.9. The van der Waals surface area contributed by atoms with Crippen molar-refractivity contribution in [3.05, 3.63) is 34.1 Å². The van der Waals surface area contributed by atoms with E-state index in [1.54, 1.807) is 12.1 Å². The number of nitrogens with zero attached hydrogens (tertiary/aromatic N) is 1. The van der Waals surface area contributed by atoms with Gasteiger partial charge in [-0.25, -0.2) is 4.39 Å². The molecule has 4 heteroatoms. The summed E-state index contributed by atoms with van der Waals surface area (Å²) in [6, 6.07) is 5.52. The minimum Gasteiger partial charge on any atom is -0.314 e. The molecule has 1 aromatic carbocycles. The van der Waals surface area contributed by atoms with Crippen LogP contribution >= 0.6 is 15.9 Å². The molecule has 1 N–H and O–H groups in total. The lowest BCUT2D eigenvalue weighted by Gasteiger charge is -2.35. The molecule has 0 bridgehead atoms. The normalized spacial score (nSPS) is 18.1. The van der Waals surface area contributed by atoms with E-state index in [4.69, 9.17) is 0 Å². The zero-order chi connectivity index (χ0) is 14.4. The van der Waals surface area contributed by atoms with E-state index in [-0.39, 0.29) is 11.9 Å². The average molecular weight is 343 g/mol. The lowest BCUT2D eigenvalue weighted by molar-refractivity contribution is 0.159. The first kappa shape index (κ1) is 15.9. The van der Waals surface area contributed by atoms with Gasteiger partial charge in [-0.15, -0.1) is 0 Å². The van der Waals surface area contributed by atoms with Gasteiger partial charge >= 0.3 is 0 Å². The van der Waals surface area contributed by atoms with Crippen LogP contribution in [0.3, 0.4) is 0 Å². The van der Waals surface area contributed by atoms with E-state index in [1.807, 2.05) is 6.07 Å². The van der Waals surface area contributed by atoms with Crippen LogP contribution < -0.4 is 5.32 Å². The summed E-state index contributed by atoms with van der Waals surface area (Å²) in [6.45, 7) is 6.21. The van der Waals surface area contributed by atoms with Gasteiger partial charge in [0.05, 0.1) is 0 Å². The van der Waals surface area contributed by atoms with Crippen LogP contribution in [0.2, 0.25) is 0 Å². The number of rotatable bonds is 6. The van der Waals surface area contributed by atoms with Gasteiger partial charge in [0.1, 0.15) is 5.82 Å². The molecular formula is C16H24BrFN2. The van der Waals surface area contributed by atoms with Crippen LogP contribution in [0.4, 0.5) is 4.39 Å². The average Bonchev–Trinajstić information content (AvgIpc) is 2.48. The summed E-state index contributed by atoms with van der Waals surface area (Å²) >= 11 is 3.47. The largest absolute Gasteiger partial charge is 0.314 e. The van der Waals surface area contributed by atoms with E-state index in [0.29, 0.717) is 0 Å². The number of unbranched alkanes of at least 4 members (excludes halogenated alkanes) is 2. The molecule has 0 unspecified atom stereocenters. The van der Waals surface area contributed by atoms with Gasteiger partial charge in [-0.1, -0.05) is 42.1 Å². The van der Waals surface area contributed by atoms with Crippen LogP contribution in [-0.2, 0) is 0 Å². The minimum atomic E-state index is -0.0757. The SMILES string of the molecule is CCCCC[C@@H](c1cc(Br)ccc1F)N1CCNCC1. The third kappa shape index (κ3) is 4.27. The Bertz CT molecular complexity index is 419. The summed E-state index contributed by atoms with van der Waals surface area (Å²) in [7, 11) is 0. The summed E-state index contributed by atoms with van der Waals surface area (Å²) < 4.78 is 15.2. The summed E-state index contributed by atoms with van der Waals surface area (Å²) in [5.41, 5.74) is 0.845. The van der Waals surface area contributed by atoms with Gasteiger partial charge in [-0.3, -0.25) is 4.90 Å². The molecule has 112 valence electrons. The third-order valence-corrected chi connectivity index (χ3v) is 4.48. The Morgan fingerprint density at radius 1 is 1.30 bits per heavy atom. The lowest BCUT2D eigenvalue weighted by Crippen LogP contribution is -2.45. The van der Waals surface area contributed by atoms with Gasteiger partial charge in [0.25, 0.3) is 0 Å². The fourth-order valence-corrected chi connectivity index (χ4v) is 3.27. The van der Waals surface area contributed by atoms with Crippen molar-refractivity contribution in [2.75, 3.05) is 26.2 Å².